The highest BCUT2D eigenvalue weighted by Gasteiger charge is 2.24. The molecule has 0 spiro atoms. The first-order chi connectivity index (χ1) is 9.15. The van der Waals surface area contributed by atoms with Gasteiger partial charge in [0.15, 0.2) is 12.1 Å². The number of fused-ring (bicyclic) bond motifs is 1. The number of likely N-dealkylation sites (N-methyl/N-ethyl adjacent to an activating group) is 1. The highest BCUT2D eigenvalue weighted by atomic mass is 16.3. The number of aromatic nitrogens is 2. The van der Waals surface area contributed by atoms with Gasteiger partial charge in [-0.05, 0) is 19.2 Å². The Morgan fingerprint density at radius 3 is 2.74 bits per heavy atom. The van der Waals surface area contributed by atoms with E-state index in [0.29, 0.717) is 11.5 Å². The van der Waals surface area contributed by atoms with Crippen molar-refractivity contribution in [1.82, 2.24) is 19.8 Å². The molecule has 2 aromatic rings. The van der Waals surface area contributed by atoms with Crippen LogP contribution in [0.2, 0.25) is 0 Å². The summed E-state index contributed by atoms with van der Waals surface area (Å²) in [5, 5.41) is 10.4. The second-order valence-corrected chi connectivity index (χ2v) is 5.08. The van der Waals surface area contributed by atoms with Crippen LogP contribution in [0.15, 0.2) is 18.2 Å². The summed E-state index contributed by atoms with van der Waals surface area (Å²) >= 11 is 0. The molecule has 1 aromatic carbocycles. The van der Waals surface area contributed by atoms with Gasteiger partial charge in [0.25, 0.3) is 0 Å². The number of piperazine rings is 1. The van der Waals surface area contributed by atoms with Gasteiger partial charge < -0.3 is 20.7 Å². The number of hydrogen-bond donors (Lipinski definition) is 3. The number of aliphatic hydroxyl groups excluding tert-OH is 1. The fourth-order valence-electron chi connectivity index (χ4n) is 2.44. The molecule has 1 fully saturated rings. The standard InChI is InChI=1S/C13H19N5O/c1-17-5-7-18(8-6-17)13(19)12-15-10-4-2-3-9(14)11(10)16-12/h2-4,13,19H,5-8,14H2,1H3,(H,15,16). The molecule has 1 aliphatic rings. The zero-order valence-corrected chi connectivity index (χ0v) is 11.0. The molecule has 0 saturated carbocycles. The van der Waals surface area contributed by atoms with E-state index in [9.17, 15) is 5.11 Å². The topological polar surface area (TPSA) is 81.4 Å². The lowest BCUT2D eigenvalue weighted by Gasteiger charge is -2.34. The van der Waals surface area contributed by atoms with Crippen LogP contribution in [0.5, 0.6) is 0 Å². The molecule has 102 valence electrons. The van der Waals surface area contributed by atoms with E-state index in [4.69, 9.17) is 5.73 Å². The minimum atomic E-state index is -0.694. The summed E-state index contributed by atoms with van der Waals surface area (Å²) in [5.41, 5.74) is 8.10. The van der Waals surface area contributed by atoms with E-state index < -0.39 is 6.23 Å². The number of aromatic amines is 1. The van der Waals surface area contributed by atoms with Crippen molar-refractivity contribution in [2.24, 2.45) is 0 Å². The van der Waals surface area contributed by atoms with Gasteiger partial charge in [0, 0.05) is 26.2 Å². The van der Waals surface area contributed by atoms with Crippen LogP contribution in [-0.2, 0) is 0 Å². The molecule has 1 atom stereocenters. The van der Waals surface area contributed by atoms with Gasteiger partial charge in [-0.25, -0.2) is 4.98 Å². The van der Waals surface area contributed by atoms with Crippen LogP contribution in [0.4, 0.5) is 5.69 Å². The summed E-state index contributed by atoms with van der Waals surface area (Å²) in [6.07, 6.45) is -0.694. The summed E-state index contributed by atoms with van der Waals surface area (Å²) in [4.78, 5) is 11.8. The van der Waals surface area contributed by atoms with E-state index in [1.165, 1.54) is 0 Å². The van der Waals surface area contributed by atoms with E-state index in [0.717, 1.165) is 37.2 Å². The number of H-pyrrole nitrogens is 1. The molecular formula is C13H19N5O. The van der Waals surface area contributed by atoms with Crippen LogP contribution >= 0.6 is 0 Å². The number of hydrogen-bond acceptors (Lipinski definition) is 5. The number of nitrogens with one attached hydrogen (secondary N) is 1. The Labute approximate surface area is 111 Å². The maximum Gasteiger partial charge on any atom is 0.166 e. The van der Waals surface area contributed by atoms with Gasteiger partial charge in [0.05, 0.1) is 11.2 Å². The SMILES string of the molecule is CN1CCN(C(O)c2nc3c(N)cccc3[nH]2)CC1. The minimum Gasteiger partial charge on any atom is -0.397 e. The zero-order valence-electron chi connectivity index (χ0n) is 11.0. The summed E-state index contributed by atoms with van der Waals surface area (Å²) in [7, 11) is 2.09. The molecule has 1 aromatic heterocycles. The summed E-state index contributed by atoms with van der Waals surface area (Å²) in [6.45, 7) is 3.59. The largest absolute Gasteiger partial charge is 0.397 e. The second kappa shape index (κ2) is 4.80. The fraction of sp³-hybridized carbons (Fsp3) is 0.462. The Hall–Kier alpha value is -1.63. The molecule has 6 heteroatoms. The van der Waals surface area contributed by atoms with Gasteiger partial charge in [-0.2, -0.15) is 0 Å². The maximum absolute atomic E-state index is 10.4. The highest BCUT2D eigenvalue weighted by molar-refractivity contribution is 5.86. The van der Waals surface area contributed by atoms with E-state index in [2.05, 4.69) is 21.9 Å². The zero-order chi connectivity index (χ0) is 13.4. The van der Waals surface area contributed by atoms with Crippen LogP contribution in [-0.4, -0.2) is 58.1 Å². The Balaban J connectivity index is 1.85. The first-order valence-electron chi connectivity index (χ1n) is 6.50. The molecule has 4 N–H and O–H groups in total. The molecule has 1 saturated heterocycles. The van der Waals surface area contributed by atoms with Gasteiger partial charge in [-0.15, -0.1) is 0 Å². The van der Waals surface area contributed by atoms with E-state index >= 15 is 0 Å². The number of nitrogens with two attached hydrogens (primary N) is 1. The monoisotopic (exact) mass is 261 g/mol. The van der Waals surface area contributed by atoms with E-state index in [1.807, 2.05) is 23.1 Å². The third-order valence-electron chi connectivity index (χ3n) is 3.69. The smallest absolute Gasteiger partial charge is 0.166 e. The Bertz CT molecular complexity index is 573. The number of benzene rings is 1. The summed E-state index contributed by atoms with van der Waals surface area (Å²) in [5.74, 6) is 0.567. The third-order valence-corrected chi connectivity index (χ3v) is 3.69. The number of aliphatic hydroxyl groups is 1. The van der Waals surface area contributed by atoms with Crippen molar-refractivity contribution in [3.05, 3.63) is 24.0 Å². The molecule has 19 heavy (non-hydrogen) atoms. The fourth-order valence-corrected chi connectivity index (χ4v) is 2.44. The molecule has 2 heterocycles. The van der Waals surface area contributed by atoms with Gasteiger partial charge in [-0.3, -0.25) is 4.90 Å². The van der Waals surface area contributed by atoms with E-state index in [1.54, 1.807) is 0 Å². The van der Waals surface area contributed by atoms with Gasteiger partial charge in [0.2, 0.25) is 0 Å². The number of rotatable bonds is 2. The molecule has 1 unspecified atom stereocenters. The Kier molecular flexibility index (Phi) is 3.14. The average Bonchev–Trinajstić information content (AvgIpc) is 2.84. The van der Waals surface area contributed by atoms with Crippen molar-refractivity contribution in [3.8, 4) is 0 Å². The van der Waals surface area contributed by atoms with Gasteiger partial charge in [-0.1, -0.05) is 6.07 Å². The van der Waals surface area contributed by atoms with E-state index in [-0.39, 0.29) is 0 Å². The second-order valence-electron chi connectivity index (χ2n) is 5.08. The highest BCUT2D eigenvalue weighted by Crippen LogP contribution is 2.23. The predicted molar refractivity (Wildman–Crippen MR) is 74.5 cm³/mol. The van der Waals surface area contributed by atoms with Crippen molar-refractivity contribution in [3.63, 3.8) is 0 Å². The van der Waals surface area contributed by atoms with Crippen molar-refractivity contribution in [1.29, 1.82) is 0 Å². The Morgan fingerprint density at radius 2 is 2.05 bits per heavy atom. The molecule has 6 nitrogen and oxygen atoms in total. The number of para-hydroxylation sites is 1. The van der Waals surface area contributed by atoms with Crippen LogP contribution < -0.4 is 5.73 Å². The van der Waals surface area contributed by atoms with Crippen molar-refractivity contribution < 1.29 is 5.11 Å². The summed E-state index contributed by atoms with van der Waals surface area (Å²) < 4.78 is 0. The molecular weight excluding hydrogens is 242 g/mol. The molecule has 1 aliphatic heterocycles. The van der Waals surface area contributed by atoms with Crippen molar-refractivity contribution in [2.45, 2.75) is 6.23 Å². The number of nitrogen functional groups attached to an aromatic ring is 1. The van der Waals surface area contributed by atoms with Gasteiger partial charge in [0.1, 0.15) is 5.52 Å². The molecule has 0 amide bonds. The maximum atomic E-state index is 10.4. The number of nitrogens with zero attached hydrogens (tertiary/aromatic N) is 3. The average molecular weight is 261 g/mol. The third kappa shape index (κ3) is 2.30. The van der Waals surface area contributed by atoms with Gasteiger partial charge >= 0.3 is 0 Å². The lowest BCUT2D eigenvalue weighted by molar-refractivity contribution is -0.0281. The quantitative estimate of drug-likeness (QED) is 0.681. The summed E-state index contributed by atoms with van der Waals surface area (Å²) in [6, 6.07) is 5.61. The van der Waals surface area contributed by atoms with Crippen molar-refractivity contribution >= 4 is 16.7 Å². The number of imidazole rings is 1. The lowest BCUT2D eigenvalue weighted by atomic mass is 10.3. The van der Waals surface area contributed by atoms with Crippen LogP contribution in [0.1, 0.15) is 12.1 Å². The minimum absolute atomic E-state index is 0.567. The first-order valence-corrected chi connectivity index (χ1v) is 6.50. The normalized spacial score (nSPS) is 19.9. The predicted octanol–water partition coefficient (Wildman–Crippen LogP) is 0.383. The molecule has 0 radical (unpaired) electrons. The first kappa shape index (κ1) is 12.4. The molecule has 0 aliphatic carbocycles. The molecule has 0 bridgehead atoms. The van der Waals surface area contributed by atoms with Crippen LogP contribution in [0.3, 0.4) is 0 Å². The van der Waals surface area contributed by atoms with Crippen LogP contribution in [0.25, 0.3) is 11.0 Å². The number of anilines is 1. The lowest BCUT2D eigenvalue weighted by Crippen LogP contribution is -2.46. The van der Waals surface area contributed by atoms with Crippen LogP contribution in [0, 0.1) is 0 Å². The Morgan fingerprint density at radius 1 is 1.32 bits per heavy atom. The molecule has 3 rings (SSSR count). The van der Waals surface area contributed by atoms with Crippen molar-refractivity contribution in [2.75, 3.05) is 39.0 Å².